The SMILES string of the molecule is CC(C)(C)CC(C)(C)c1ccc(O)c(C(C)(C)CC(C)(C)C)c1. The van der Waals surface area contributed by atoms with Gasteiger partial charge in [-0.2, -0.15) is 0 Å². The zero-order valence-electron chi connectivity index (χ0n) is 17.1. The quantitative estimate of drug-likeness (QED) is 0.645. The van der Waals surface area contributed by atoms with Crippen LogP contribution in [0.2, 0.25) is 0 Å². The second-order valence-corrected chi connectivity index (χ2v) is 11.0. The van der Waals surface area contributed by atoms with Gasteiger partial charge < -0.3 is 5.11 Å². The summed E-state index contributed by atoms with van der Waals surface area (Å²) in [5.74, 6) is 0.426. The first-order valence-corrected chi connectivity index (χ1v) is 8.88. The van der Waals surface area contributed by atoms with E-state index in [0.29, 0.717) is 5.75 Å². The third kappa shape index (κ3) is 5.86. The first kappa shape index (κ1) is 20.1. The molecule has 0 aromatic heterocycles. The van der Waals surface area contributed by atoms with Gasteiger partial charge in [0.15, 0.2) is 0 Å². The van der Waals surface area contributed by atoms with Gasteiger partial charge >= 0.3 is 0 Å². The summed E-state index contributed by atoms with van der Waals surface area (Å²) >= 11 is 0. The van der Waals surface area contributed by atoms with E-state index in [0.717, 1.165) is 18.4 Å². The lowest BCUT2D eigenvalue weighted by atomic mass is 9.68. The Labute approximate surface area is 144 Å². The largest absolute Gasteiger partial charge is 0.508 e. The molecule has 132 valence electrons. The molecule has 0 aliphatic heterocycles. The van der Waals surface area contributed by atoms with Crippen LogP contribution < -0.4 is 0 Å². The van der Waals surface area contributed by atoms with E-state index in [1.54, 1.807) is 0 Å². The molecule has 0 bridgehead atoms. The maximum absolute atomic E-state index is 10.5. The van der Waals surface area contributed by atoms with Crippen molar-refractivity contribution in [3.05, 3.63) is 29.3 Å². The van der Waals surface area contributed by atoms with E-state index in [9.17, 15) is 5.11 Å². The molecule has 1 N–H and O–H groups in total. The zero-order valence-corrected chi connectivity index (χ0v) is 17.1. The van der Waals surface area contributed by atoms with Gasteiger partial charge in [0.25, 0.3) is 0 Å². The first-order valence-electron chi connectivity index (χ1n) is 8.88. The molecule has 1 heteroatoms. The Morgan fingerprint density at radius 2 is 1.13 bits per heavy atom. The standard InChI is InChI=1S/C22H38O/c1-19(2,3)14-21(7,8)16-11-12-18(23)17(13-16)22(9,10)15-20(4,5)6/h11-13,23H,14-15H2,1-10H3. The monoisotopic (exact) mass is 318 g/mol. The fraction of sp³-hybridized carbons (Fsp3) is 0.727. The van der Waals surface area contributed by atoms with E-state index in [-0.39, 0.29) is 21.7 Å². The molecule has 1 rings (SSSR count). The number of rotatable bonds is 4. The van der Waals surface area contributed by atoms with Crippen LogP contribution in [0.25, 0.3) is 0 Å². The van der Waals surface area contributed by atoms with E-state index >= 15 is 0 Å². The summed E-state index contributed by atoms with van der Waals surface area (Å²) in [6.45, 7) is 22.8. The van der Waals surface area contributed by atoms with Gasteiger partial charge in [0.05, 0.1) is 0 Å². The molecule has 0 heterocycles. The van der Waals surface area contributed by atoms with Crippen molar-refractivity contribution in [1.29, 1.82) is 0 Å². The van der Waals surface area contributed by atoms with Crippen molar-refractivity contribution >= 4 is 0 Å². The van der Waals surface area contributed by atoms with E-state index in [2.05, 4.69) is 81.4 Å². The molecule has 1 nitrogen and oxygen atoms in total. The molecule has 1 aromatic carbocycles. The molecular weight excluding hydrogens is 280 g/mol. The highest BCUT2D eigenvalue weighted by molar-refractivity contribution is 5.43. The summed E-state index contributed by atoms with van der Waals surface area (Å²) < 4.78 is 0. The van der Waals surface area contributed by atoms with Crippen LogP contribution in [0.1, 0.15) is 93.2 Å². The van der Waals surface area contributed by atoms with E-state index in [4.69, 9.17) is 0 Å². The molecule has 23 heavy (non-hydrogen) atoms. The normalized spacial score (nSPS) is 14.2. The second-order valence-electron chi connectivity index (χ2n) is 11.0. The lowest BCUT2D eigenvalue weighted by molar-refractivity contribution is 0.274. The van der Waals surface area contributed by atoms with Gasteiger partial charge in [0.1, 0.15) is 5.75 Å². The zero-order chi connectivity index (χ0) is 18.3. The Hall–Kier alpha value is -0.980. The summed E-state index contributed by atoms with van der Waals surface area (Å²) in [5.41, 5.74) is 2.96. The van der Waals surface area contributed by atoms with Gasteiger partial charge in [-0.05, 0) is 51.7 Å². The third-order valence-corrected chi connectivity index (χ3v) is 4.45. The van der Waals surface area contributed by atoms with Crippen molar-refractivity contribution in [2.75, 3.05) is 0 Å². The smallest absolute Gasteiger partial charge is 0.119 e. The van der Waals surface area contributed by atoms with Crippen LogP contribution in [0, 0.1) is 10.8 Å². The topological polar surface area (TPSA) is 20.2 Å². The highest BCUT2D eigenvalue weighted by Crippen LogP contribution is 2.43. The molecule has 0 spiro atoms. The molecular formula is C22H38O. The van der Waals surface area contributed by atoms with Gasteiger partial charge in [0.2, 0.25) is 0 Å². The average Bonchev–Trinajstić information content (AvgIpc) is 2.21. The highest BCUT2D eigenvalue weighted by atomic mass is 16.3. The van der Waals surface area contributed by atoms with Gasteiger partial charge in [-0.25, -0.2) is 0 Å². The summed E-state index contributed by atoms with van der Waals surface area (Å²) in [7, 11) is 0. The fourth-order valence-electron chi connectivity index (χ4n) is 4.35. The lowest BCUT2D eigenvalue weighted by Crippen LogP contribution is -2.27. The third-order valence-electron chi connectivity index (χ3n) is 4.45. The molecule has 0 saturated carbocycles. The van der Waals surface area contributed by atoms with Crippen LogP contribution in [0.5, 0.6) is 5.75 Å². The van der Waals surface area contributed by atoms with Crippen molar-refractivity contribution < 1.29 is 5.11 Å². The van der Waals surface area contributed by atoms with Crippen LogP contribution in [0.4, 0.5) is 0 Å². The second kappa shape index (κ2) is 6.15. The molecule has 0 atom stereocenters. The van der Waals surface area contributed by atoms with Crippen LogP contribution >= 0.6 is 0 Å². The number of hydrogen-bond donors (Lipinski definition) is 1. The van der Waals surface area contributed by atoms with Crippen molar-refractivity contribution in [2.45, 2.75) is 92.9 Å². The molecule has 0 radical (unpaired) electrons. The predicted molar refractivity (Wildman–Crippen MR) is 102 cm³/mol. The molecule has 0 aliphatic carbocycles. The Morgan fingerprint density at radius 3 is 1.57 bits per heavy atom. The summed E-state index contributed by atoms with van der Waals surface area (Å²) in [6.07, 6.45) is 2.15. The Kier molecular flexibility index (Phi) is 5.36. The van der Waals surface area contributed by atoms with E-state index in [1.807, 2.05) is 6.07 Å². The molecule has 1 aromatic rings. The average molecular weight is 319 g/mol. The number of hydrogen-bond acceptors (Lipinski definition) is 1. The number of phenolic OH excluding ortho intramolecular Hbond substituents is 1. The van der Waals surface area contributed by atoms with Crippen molar-refractivity contribution in [2.24, 2.45) is 10.8 Å². The van der Waals surface area contributed by atoms with Gasteiger partial charge in [-0.1, -0.05) is 81.4 Å². The highest BCUT2D eigenvalue weighted by Gasteiger charge is 2.32. The Bertz CT molecular complexity index is 536. The molecule has 0 aliphatic rings. The summed E-state index contributed by atoms with van der Waals surface area (Å²) in [5, 5.41) is 10.5. The lowest BCUT2D eigenvalue weighted by Gasteiger charge is -2.36. The van der Waals surface area contributed by atoms with Gasteiger partial charge in [-0.15, -0.1) is 0 Å². The first-order chi connectivity index (χ1) is 10.0. The Balaban J connectivity index is 3.28. The minimum absolute atomic E-state index is 0.0455. The van der Waals surface area contributed by atoms with Crippen molar-refractivity contribution in [3.8, 4) is 5.75 Å². The summed E-state index contributed by atoms with van der Waals surface area (Å²) in [6, 6.07) is 6.23. The molecule has 0 unspecified atom stereocenters. The van der Waals surface area contributed by atoms with Crippen molar-refractivity contribution in [1.82, 2.24) is 0 Å². The fourth-order valence-corrected chi connectivity index (χ4v) is 4.35. The molecule has 0 fully saturated rings. The maximum atomic E-state index is 10.5. The van der Waals surface area contributed by atoms with Crippen LogP contribution in [0.15, 0.2) is 18.2 Å². The minimum Gasteiger partial charge on any atom is -0.508 e. The Morgan fingerprint density at radius 1 is 0.696 bits per heavy atom. The van der Waals surface area contributed by atoms with Gasteiger partial charge in [-0.3, -0.25) is 0 Å². The maximum Gasteiger partial charge on any atom is 0.119 e. The van der Waals surface area contributed by atoms with Crippen molar-refractivity contribution in [3.63, 3.8) is 0 Å². The molecule has 0 saturated heterocycles. The van der Waals surface area contributed by atoms with E-state index < -0.39 is 0 Å². The number of aromatic hydroxyl groups is 1. The van der Waals surface area contributed by atoms with E-state index in [1.165, 1.54) is 5.56 Å². The van der Waals surface area contributed by atoms with Crippen LogP contribution in [-0.4, -0.2) is 5.11 Å². The number of phenols is 1. The van der Waals surface area contributed by atoms with Crippen LogP contribution in [0.3, 0.4) is 0 Å². The molecule has 0 amide bonds. The predicted octanol–water partition coefficient (Wildman–Crippen LogP) is 6.82. The van der Waals surface area contributed by atoms with Crippen LogP contribution in [-0.2, 0) is 10.8 Å². The number of benzene rings is 1. The summed E-state index contributed by atoms with van der Waals surface area (Å²) in [4.78, 5) is 0. The van der Waals surface area contributed by atoms with Gasteiger partial charge in [0, 0.05) is 0 Å². The minimum atomic E-state index is -0.0455.